The van der Waals surface area contributed by atoms with Crippen molar-refractivity contribution in [3.8, 4) is 23.0 Å². The third-order valence-corrected chi connectivity index (χ3v) is 14.6. The van der Waals surface area contributed by atoms with Gasteiger partial charge in [0, 0.05) is 69.8 Å². The molecule has 4 aromatic rings. The maximum Gasteiger partial charge on any atom is 0.328 e. The minimum Gasteiger partial charge on any atom is -0.487 e. The van der Waals surface area contributed by atoms with E-state index < -0.39 is 35.9 Å². The zero-order valence-corrected chi connectivity index (χ0v) is 58.1. The second-order valence-electron chi connectivity index (χ2n) is 24.9. The molecule has 0 radical (unpaired) electrons. The van der Waals surface area contributed by atoms with Crippen molar-refractivity contribution in [2.24, 2.45) is 32.9 Å². The first-order valence-electron chi connectivity index (χ1n) is 32.9. The highest BCUT2D eigenvalue weighted by molar-refractivity contribution is 5.98. The van der Waals surface area contributed by atoms with E-state index in [1.54, 1.807) is 36.4 Å². The summed E-state index contributed by atoms with van der Waals surface area (Å²) >= 11 is 0. The number of hydrogen-bond donors (Lipinski definition) is 10. The van der Waals surface area contributed by atoms with Gasteiger partial charge in [-0.2, -0.15) is 0 Å². The molecule has 0 aromatic heterocycles. The Morgan fingerprint density at radius 3 is 1.32 bits per heavy atom. The van der Waals surface area contributed by atoms with Gasteiger partial charge in [-0.15, -0.1) is 0 Å². The minimum absolute atomic E-state index is 0.0537. The average molecular weight is 1360 g/mol. The number of fused-ring (bicyclic) bond motifs is 2. The summed E-state index contributed by atoms with van der Waals surface area (Å²) in [6, 6.07) is 24.2. The van der Waals surface area contributed by atoms with Gasteiger partial charge in [-0.05, 0) is 102 Å². The zero-order chi connectivity index (χ0) is 71.0. The number of carbonyl (C=O) groups is 6. The van der Waals surface area contributed by atoms with Gasteiger partial charge >= 0.3 is 5.97 Å². The monoisotopic (exact) mass is 1350 g/mol. The molecule has 5 rings (SSSR count). The Labute approximate surface area is 571 Å². The fraction of sp³-hybridized carbons (Fsp3) is 0.543. The van der Waals surface area contributed by atoms with Crippen LogP contribution in [-0.4, -0.2) is 172 Å². The van der Waals surface area contributed by atoms with E-state index in [1.165, 1.54) is 37.6 Å². The minimum atomic E-state index is -0.819. The van der Waals surface area contributed by atoms with Crippen LogP contribution in [-0.2, 0) is 76.2 Å². The Balaban J connectivity index is 0.000000482. The van der Waals surface area contributed by atoms with Crippen molar-refractivity contribution < 1.29 is 71.4 Å². The van der Waals surface area contributed by atoms with Gasteiger partial charge in [0.1, 0.15) is 44.6 Å². The van der Waals surface area contributed by atoms with Gasteiger partial charge in [-0.1, -0.05) is 90.1 Å². The van der Waals surface area contributed by atoms with Gasteiger partial charge in [0.15, 0.2) is 34.9 Å². The van der Waals surface area contributed by atoms with Crippen molar-refractivity contribution in [1.82, 2.24) is 21.3 Å². The number of nitrogens with two attached hydrogens (primary N) is 4. The number of guanidine groups is 2. The molecule has 0 fully saturated rings. The van der Waals surface area contributed by atoms with Crippen LogP contribution in [0.25, 0.3) is 0 Å². The van der Waals surface area contributed by atoms with Crippen LogP contribution in [0.5, 0.6) is 23.0 Å². The highest BCUT2D eigenvalue weighted by Gasteiger charge is 2.25. The summed E-state index contributed by atoms with van der Waals surface area (Å²) in [4.78, 5) is 82.4. The lowest BCUT2D eigenvalue weighted by atomic mass is 9.79. The number of rotatable bonds is 25. The number of ether oxygens (including phenoxy) is 9. The van der Waals surface area contributed by atoms with Crippen LogP contribution in [0.4, 0.5) is 11.4 Å². The van der Waals surface area contributed by atoms with Crippen molar-refractivity contribution in [3.63, 3.8) is 0 Å². The second kappa shape index (κ2) is 44.1. The molecule has 27 heteroatoms. The number of hydrogen-bond acceptors (Lipinski definition) is 18. The van der Waals surface area contributed by atoms with E-state index in [4.69, 9.17) is 65.6 Å². The number of nitrogens with one attached hydrogen (secondary N) is 6. The summed E-state index contributed by atoms with van der Waals surface area (Å²) in [6.45, 7) is 21.2. The number of amides is 5. The molecular formula is C70H106N12O15. The molecule has 0 saturated carbocycles. The van der Waals surface area contributed by atoms with Crippen molar-refractivity contribution in [3.05, 3.63) is 107 Å². The maximum atomic E-state index is 13.2. The number of nitrogens with zero attached hydrogens (tertiary/aromatic N) is 2. The van der Waals surface area contributed by atoms with Crippen molar-refractivity contribution in [2.75, 3.05) is 117 Å². The molecule has 1 aliphatic rings. The number of benzene rings is 4. The van der Waals surface area contributed by atoms with Crippen LogP contribution < -0.4 is 73.8 Å². The molecule has 97 heavy (non-hydrogen) atoms. The van der Waals surface area contributed by atoms with Gasteiger partial charge in [0.05, 0.1) is 60.0 Å². The van der Waals surface area contributed by atoms with Crippen molar-refractivity contribution in [1.29, 1.82) is 0 Å². The molecule has 0 unspecified atom stereocenters. The van der Waals surface area contributed by atoms with Gasteiger partial charge in [-0.25, -0.2) is 4.79 Å². The zero-order valence-electron chi connectivity index (χ0n) is 58.1. The highest BCUT2D eigenvalue weighted by Crippen LogP contribution is 2.33. The Kier molecular flexibility index (Phi) is 36.7. The van der Waals surface area contributed by atoms with Crippen LogP contribution in [0.3, 0.4) is 0 Å². The number of unbranched alkanes of at least 4 members (excludes halogenated alkanes) is 1. The number of carbonyl (C=O) groups excluding carboxylic acids is 6. The third-order valence-electron chi connectivity index (χ3n) is 14.6. The summed E-state index contributed by atoms with van der Waals surface area (Å²) in [5.41, 5.74) is 27.6. The lowest BCUT2D eigenvalue weighted by Crippen LogP contribution is -2.43. The molecule has 3 atom stereocenters. The van der Waals surface area contributed by atoms with Crippen LogP contribution in [0, 0.1) is 0 Å². The topological polar surface area (TPSA) is 386 Å². The summed E-state index contributed by atoms with van der Waals surface area (Å²) in [7, 11) is 1.35. The number of methoxy groups -OCH3 is 1. The van der Waals surface area contributed by atoms with Crippen LogP contribution >= 0.6 is 0 Å². The number of esters is 1. The summed E-state index contributed by atoms with van der Waals surface area (Å²) in [5.74, 6) is -0.648. The molecular weight excluding hydrogens is 1250 g/mol. The second-order valence-corrected chi connectivity index (χ2v) is 24.9. The molecule has 4 aromatic carbocycles. The number of aliphatic imine (C=N–C) groups is 2. The van der Waals surface area contributed by atoms with Crippen molar-refractivity contribution >= 4 is 58.8 Å². The van der Waals surface area contributed by atoms with E-state index in [-0.39, 0.29) is 107 Å². The molecule has 1 heterocycles. The molecule has 1 aliphatic heterocycles. The quantitative estimate of drug-likeness (QED) is 0.0171. The normalized spacial score (nSPS) is 14.5. The predicted molar refractivity (Wildman–Crippen MR) is 374 cm³/mol. The van der Waals surface area contributed by atoms with E-state index in [0.717, 1.165) is 31.5 Å². The fourth-order valence-electron chi connectivity index (χ4n) is 9.50. The average Bonchev–Trinajstić information content (AvgIpc) is 0.820. The summed E-state index contributed by atoms with van der Waals surface area (Å²) in [5, 5.41) is 17.3. The Morgan fingerprint density at radius 2 is 0.918 bits per heavy atom. The van der Waals surface area contributed by atoms with E-state index in [0.29, 0.717) is 99.2 Å². The highest BCUT2D eigenvalue weighted by atomic mass is 16.6. The summed E-state index contributed by atoms with van der Waals surface area (Å²) < 4.78 is 51.5. The van der Waals surface area contributed by atoms with Crippen molar-refractivity contribution in [2.45, 2.75) is 142 Å². The smallest absolute Gasteiger partial charge is 0.328 e. The molecule has 14 N–H and O–H groups in total. The van der Waals surface area contributed by atoms with E-state index in [1.807, 2.05) is 30.3 Å². The standard InChI is InChI=1S/C40H62N10O12.C30H44N2O3/c1-27(51)47-31(5-3-11-45-39(41)42)37(53)49-29-7-9-33-35(25-29)61-23-19-57-15-16-58-20-24-62-36-26-30(8-10-34(36)60-22-18-56-14-13-55-17-21-59-33)50-38(54)32(48-28(2)52)6-4-12-46-40(43)44;1-29(2,3)24-17-23(18-25(20-24)30(4,5)6)21-31-16-12-11-15-27(33)32-26(28(34)35-7)19-22-13-9-8-10-14-22/h7-10,25-26,31-32H,3-6,11-24H2,1-2H3,(H,47,51)(H,48,52)(H,49,53)(H,50,54)(H4,41,42,45)(H4,43,44,46);8-10,13-14,17-18,20,26,31H,11-12,15-16,19,21H2,1-7H3,(H,32,33)/t31-,32-;26-/m00/s1. The molecule has 27 nitrogen and oxygen atoms in total. The molecule has 536 valence electrons. The molecule has 0 aliphatic carbocycles. The predicted octanol–water partition coefficient (Wildman–Crippen LogP) is 5.42. The molecule has 0 saturated heterocycles. The van der Waals surface area contributed by atoms with E-state index in [2.05, 4.69) is 102 Å². The SMILES string of the molecule is CC(=O)N[C@@H](CCCN=C(N)N)C(=O)Nc1ccc2c(c1)OCCOCCOCCOc1cc(NC(=O)[C@H](CCCN=C(N)N)NC(C)=O)ccc1OCCOCCOCCO2.COC(=O)[C@H](Cc1ccccc1)NC(=O)CCCCNCc1cc(C(C)(C)C)cc(C(C)(C)C)c1. The van der Waals surface area contributed by atoms with Crippen LogP contribution in [0.15, 0.2) is 94.9 Å². The Bertz CT molecular complexity index is 2960. The molecule has 0 spiro atoms. The van der Waals surface area contributed by atoms with Crippen LogP contribution in [0.1, 0.15) is 123 Å². The largest absolute Gasteiger partial charge is 0.487 e. The Morgan fingerprint density at radius 1 is 0.495 bits per heavy atom. The first kappa shape index (κ1) is 80.7. The fourth-order valence-corrected chi connectivity index (χ4v) is 9.50. The van der Waals surface area contributed by atoms with Gasteiger partial charge in [0.2, 0.25) is 29.5 Å². The molecule has 0 bridgehead atoms. The van der Waals surface area contributed by atoms with Crippen LogP contribution in [0.2, 0.25) is 0 Å². The third kappa shape index (κ3) is 34.2. The first-order chi connectivity index (χ1) is 46.3. The summed E-state index contributed by atoms with van der Waals surface area (Å²) in [6.07, 6.45) is 4.00. The van der Waals surface area contributed by atoms with Gasteiger partial charge in [0.25, 0.3) is 0 Å². The maximum absolute atomic E-state index is 13.2. The van der Waals surface area contributed by atoms with E-state index >= 15 is 0 Å². The molecule has 5 amide bonds. The number of anilines is 2. The lowest BCUT2D eigenvalue weighted by molar-refractivity contribution is -0.145. The lowest BCUT2D eigenvalue weighted by Gasteiger charge is -2.26. The van der Waals surface area contributed by atoms with E-state index in [9.17, 15) is 28.8 Å². The van der Waals surface area contributed by atoms with Gasteiger partial charge in [-0.3, -0.25) is 34.0 Å². The Hall–Kier alpha value is -8.76. The first-order valence-corrected chi connectivity index (χ1v) is 32.9. The van der Waals surface area contributed by atoms with Gasteiger partial charge < -0.3 is 97.5 Å².